The number of amides is 1. The number of fused-ring (bicyclic) bond motifs is 1. The van der Waals surface area contributed by atoms with Gasteiger partial charge in [-0.25, -0.2) is 4.68 Å². The van der Waals surface area contributed by atoms with E-state index in [0.717, 1.165) is 19.3 Å². The fraction of sp³-hybridized carbons (Fsp3) is 0.500. The minimum atomic E-state index is -0.321. The van der Waals surface area contributed by atoms with Crippen LogP contribution in [0.15, 0.2) is 29.1 Å². The molecular weight excluding hydrogens is 306 g/mol. The lowest BCUT2D eigenvalue weighted by molar-refractivity contribution is 0.0676. The van der Waals surface area contributed by atoms with E-state index in [-0.39, 0.29) is 29.8 Å². The zero-order chi connectivity index (χ0) is 17.7. The average Bonchev–Trinajstić information content (AvgIpc) is 2.62. The standard InChI is InChI=1S/C18H25N3O3/c1-4-5-8-11-21-17(23)15-10-7-6-9-14(15)16(19-21)18(24)20(3)13(2)12-22/h6-7,9-10,13,22H,4-5,8,11-12H2,1-3H3. The van der Waals surface area contributed by atoms with E-state index >= 15 is 0 Å². The summed E-state index contributed by atoms with van der Waals surface area (Å²) in [5.74, 6) is -0.294. The molecule has 1 aromatic carbocycles. The van der Waals surface area contributed by atoms with Crippen molar-refractivity contribution in [2.75, 3.05) is 13.7 Å². The molecule has 0 aliphatic carbocycles. The summed E-state index contributed by atoms with van der Waals surface area (Å²) in [6, 6.07) is 6.72. The number of aliphatic hydroxyl groups excluding tert-OH is 1. The lowest BCUT2D eigenvalue weighted by atomic mass is 10.1. The molecule has 0 fully saturated rings. The third-order valence-corrected chi connectivity index (χ3v) is 4.29. The van der Waals surface area contributed by atoms with Crippen molar-refractivity contribution in [2.24, 2.45) is 0 Å². The molecule has 0 saturated carbocycles. The highest BCUT2D eigenvalue weighted by molar-refractivity contribution is 6.04. The SMILES string of the molecule is CCCCCn1nc(C(=O)N(C)C(C)CO)c2ccccc2c1=O. The van der Waals surface area contributed by atoms with Gasteiger partial charge in [0.15, 0.2) is 5.69 Å². The molecule has 0 aliphatic heterocycles. The van der Waals surface area contributed by atoms with Crippen molar-refractivity contribution in [1.82, 2.24) is 14.7 Å². The Bertz CT molecular complexity index is 770. The van der Waals surface area contributed by atoms with Crippen LogP contribution in [0, 0.1) is 0 Å². The summed E-state index contributed by atoms with van der Waals surface area (Å²) in [4.78, 5) is 26.8. The molecule has 6 nitrogen and oxygen atoms in total. The molecular formula is C18H25N3O3. The van der Waals surface area contributed by atoms with Gasteiger partial charge in [0.2, 0.25) is 0 Å². The Hall–Kier alpha value is -2.21. The van der Waals surface area contributed by atoms with Crippen molar-refractivity contribution in [1.29, 1.82) is 0 Å². The van der Waals surface area contributed by atoms with Crippen LogP contribution in [0.5, 0.6) is 0 Å². The summed E-state index contributed by atoms with van der Waals surface area (Å²) < 4.78 is 1.39. The second-order valence-corrected chi connectivity index (χ2v) is 6.08. The van der Waals surface area contributed by atoms with Crippen molar-refractivity contribution in [3.63, 3.8) is 0 Å². The number of hydrogen-bond donors (Lipinski definition) is 1. The summed E-state index contributed by atoms with van der Waals surface area (Å²) in [6.45, 7) is 4.22. The van der Waals surface area contributed by atoms with Crippen LogP contribution >= 0.6 is 0 Å². The highest BCUT2D eigenvalue weighted by atomic mass is 16.3. The summed E-state index contributed by atoms with van der Waals surface area (Å²) >= 11 is 0. The Morgan fingerprint density at radius 1 is 1.29 bits per heavy atom. The molecule has 1 N–H and O–H groups in total. The first kappa shape index (κ1) is 18.1. The number of carbonyl (C=O) groups excluding carboxylic acids is 1. The van der Waals surface area contributed by atoms with E-state index in [4.69, 9.17) is 0 Å². The van der Waals surface area contributed by atoms with Crippen LogP contribution in [-0.4, -0.2) is 45.4 Å². The number of aryl methyl sites for hydroxylation is 1. The molecule has 2 aromatic rings. The Balaban J connectivity index is 2.53. The Morgan fingerprint density at radius 2 is 1.96 bits per heavy atom. The van der Waals surface area contributed by atoms with Crippen LogP contribution in [0.25, 0.3) is 10.8 Å². The number of aliphatic hydroxyl groups is 1. The number of unbranched alkanes of at least 4 members (excludes halogenated alkanes) is 2. The van der Waals surface area contributed by atoms with Crippen LogP contribution in [0.2, 0.25) is 0 Å². The van der Waals surface area contributed by atoms with Crippen LogP contribution < -0.4 is 5.56 Å². The Morgan fingerprint density at radius 3 is 2.58 bits per heavy atom. The Kier molecular flexibility index (Phi) is 6.09. The lowest BCUT2D eigenvalue weighted by Crippen LogP contribution is -2.39. The number of benzene rings is 1. The van der Waals surface area contributed by atoms with Gasteiger partial charge in [0.25, 0.3) is 11.5 Å². The van der Waals surface area contributed by atoms with Gasteiger partial charge in [-0.15, -0.1) is 0 Å². The molecule has 1 atom stereocenters. The molecule has 24 heavy (non-hydrogen) atoms. The van der Waals surface area contributed by atoms with Gasteiger partial charge in [-0.05, 0) is 19.4 Å². The number of aromatic nitrogens is 2. The van der Waals surface area contributed by atoms with Gasteiger partial charge in [0, 0.05) is 19.0 Å². The molecule has 1 unspecified atom stereocenters. The first-order valence-corrected chi connectivity index (χ1v) is 8.39. The maximum absolute atomic E-state index is 12.8. The van der Waals surface area contributed by atoms with Gasteiger partial charge < -0.3 is 10.0 Å². The number of carbonyl (C=O) groups is 1. The lowest BCUT2D eigenvalue weighted by Gasteiger charge is -2.23. The molecule has 1 heterocycles. The number of hydrogen-bond acceptors (Lipinski definition) is 4. The molecule has 2 rings (SSSR count). The molecule has 0 aliphatic rings. The molecule has 0 bridgehead atoms. The number of likely N-dealkylation sites (N-methyl/N-ethyl adjacent to an activating group) is 1. The smallest absolute Gasteiger partial charge is 0.275 e. The van der Waals surface area contributed by atoms with E-state index in [2.05, 4.69) is 12.0 Å². The first-order valence-electron chi connectivity index (χ1n) is 8.39. The monoisotopic (exact) mass is 331 g/mol. The molecule has 0 radical (unpaired) electrons. The van der Waals surface area contributed by atoms with Gasteiger partial charge in [0.1, 0.15) is 0 Å². The Labute approximate surface area is 141 Å². The van der Waals surface area contributed by atoms with Crippen molar-refractivity contribution in [2.45, 2.75) is 45.7 Å². The van der Waals surface area contributed by atoms with E-state index in [0.29, 0.717) is 17.3 Å². The van der Waals surface area contributed by atoms with E-state index in [1.54, 1.807) is 38.2 Å². The highest BCUT2D eigenvalue weighted by Crippen LogP contribution is 2.16. The van der Waals surface area contributed by atoms with E-state index in [9.17, 15) is 14.7 Å². The predicted octanol–water partition coefficient (Wildman–Crippen LogP) is 2.04. The van der Waals surface area contributed by atoms with Crippen molar-refractivity contribution < 1.29 is 9.90 Å². The van der Waals surface area contributed by atoms with Gasteiger partial charge in [0.05, 0.1) is 18.0 Å². The van der Waals surface area contributed by atoms with Gasteiger partial charge >= 0.3 is 0 Å². The summed E-state index contributed by atoms with van der Waals surface area (Å²) in [5.41, 5.74) is 0.0839. The minimum absolute atomic E-state index is 0.129. The average molecular weight is 331 g/mol. The zero-order valence-corrected chi connectivity index (χ0v) is 14.5. The fourth-order valence-electron chi connectivity index (χ4n) is 2.55. The second-order valence-electron chi connectivity index (χ2n) is 6.08. The van der Waals surface area contributed by atoms with Crippen molar-refractivity contribution in [3.8, 4) is 0 Å². The molecule has 130 valence electrons. The second kappa shape index (κ2) is 8.06. The van der Waals surface area contributed by atoms with E-state index in [1.807, 2.05) is 0 Å². The van der Waals surface area contributed by atoms with Crippen molar-refractivity contribution in [3.05, 3.63) is 40.3 Å². The summed E-state index contributed by atoms with van der Waals surface area (Å²) in [5, 5.41) is 14.7. The predicted molar refractivity (Wildman–Crippen MR) is 94.2 cm³/mol. The normalized spacial score (nSPS) is 12.3. The van der Waals surface area contributed by atoms with Gasteiger partial charge in [-0.3, -0.25) is 9.59 Å². The largest absolute Gasteiger partial charge is 0.394 e. The summed E-state index contributed by atoms with van der Waals surface area (Å²) in [7, 11) is 1.63. The van der Waals surface area contributed by atoms with Crippen LogP contribution in [0.1, 0.15) is 43.6 Å². The third kappa shape index (κ3) is 3.64. The van der Waals surface area contributed by atoms with Crippen molar-refractivity contribution >= 4 is 16.7 Å². The number of nitrogens with zero attached hydrogens (tertiary/aromatic N) is 3. The maximum Gasteiger partial charge on any atom is 0.275 e. The molecule has 6 heteroatoms. The quantitative estimate of drug-likeness (QED) is 0.788. The van der Waals surface area contributed by atoms with Crippen LogP contribution in [0.3, 0.4) is 0 Å². The topological polar surface area (TPSA) is 75.4 Å². The fourth-order valence-corrected chi connectivity index (χ4v) is 2.55. The molecule has 0 spiro atoms. The molecule has 0 saturated heterocycles. The third-order valence-electron chi connectivity index (χ3n) is 4.29. The van der Waals surface area contributed by atoms with E-state index in [1.165, 1.54) is 9.58 Å². The van der Waals surface area contributed by atoms with Crippen LogP contribution in [-0.2, 0) is 6.54 Å². The molecule has 1 amide bonds. The minimum Gasteiger partial charge on any atom is -0.394 e. The zero-order valence-electron chi connectivity index (χ0n) is 14.5. The maximum atomic E-state index is 12.8. The van der Waals surface area contributed by atoms with Crippen LogP contribution in [0.4, 0.5) is 0 Å². The van der Waals surface area contributed by atoms with Gasteiger partial charge in [-0.2, -0.15) is 5.10 Å². The molecule has 1 aromatic heterocycles. The van der Waals surface area contributed by atoms with E-state index < -0.39 is 0 Å². The number of rotatable bonds is 7. The highest BCUT2D eigenvalue weighted by Gasteiger charge is 2.22. The van der Waals surface area contributed by atoms with Gasteiger partial charge in [-0.1, -0.05) is 38.0 Å². The summed E-state index contributed by atoms with van der Waals surface area (Å²) in [6.07, 6.45) is 2.90. The first-order chi connectivity index (χ1) is 11.5.